The van der Waals surface area contributed by atoms with Crippen molar-refractivity contribution in [1.29, 1.82) is 0 Å². The lowest BCUT2D eigenvalue weighted by Crippen LogP contribution is -2.31. The fourth-order valence-corrected chi connectivity index (χ4v) is 2.75. The number of fused-ring (bicyclic) bond motifs is 1. The van der Waals surface area contributed by atoms with Crippen LogP contribution in [-0.4, -0.2) is 41.6 Å². The number of ketones is 1. The largest absolute Gasteiger partial charge is 0.454 e. The summed E-state index contributed by atoms with van der Waals surface area (Å²) in [6.07, 6.45) is 0.447. The Kier molecular flexibility index (Phi) is 5.22. The normalized spacial score (nSPS) is 12.8. The Labute approximate surface area is 150 Å². The monoisotopic (exact) mass is 351 g/mol. The molecule has 0 saturated carbocycles. The number of carbonyl (C=O) groups is 4. The Morgan fingerprint density at radius 1 is 0.846 bits per heavy atom. The lowest BCUT2D eigenvalue weighted by molar-refractivity contribution is -0.122. The molecule has 6 nitrogen and oxygen atoms in total. The molecule has 0 saturated heterocycles. The molecule has 0 unspecified atom stereocenters. The van der Waals surface area contributed by atoms with Crippen molar-refractivity contribution in [1.82, 2.24) is 4.90 Å². The van der Waals surface area contributed by atoms with Crippen molar-refractivity contribution in [2.24, 2.45) is 0 Å². The molecule has 1 heterocycles. The van der Waals surface area contributed by atoms with E-state index in [4.69, 9.17) is 4.74 Å². The van der Waals surface area contributed by atoms with Crippen LogP contribution in [0.3, 0.4) is 0 Å². The maximum Gasteiger partial charge on any atom is 0.338 e. The summed E-state index contributed by atoms with van der Waals surface area (Å²) >= 11 is 0. The van der Waals surface area contributed by atoms with Gasteiger partial charge in [0.15, 0.2) is 5.78 Å². The molecule has 0 bridgehead atoms. The lowest BCUT2D eigenvalue weighted by Gasteiger charge is -2.13. The van der Waals surface area contributed by atoms with Gasteiger partial charge >= 0.3 is 5.97 Å². The molecular weight excluding hydrogens is 334 g/mol. The molecule has 0 fully saturated rings. The minimum Gasteiger partial charge on any atom is -0.454 e. The Morgan fingerprint density at radius 2 is 1.42 bits per heavy atom. The van der Waals surface area contributed by atoms with Crippen LogP contribution in [0.2, 0.25) is 0 Å². The fraction of sp³-hybridized carbons (Fsp3) is 0.200. The van der Waals surface area contributed by atoms with E-state index in [2.05, 4.69) is 0 Å². The molecule has 2 aromatic rings. The summed E-state index contributed by atoms with van der Waals surface area (Å²) in [4.78, 5) is 49.2. The van der Waals surface area contributed by atoms with Crippen molar-refractivity contribution in [3.05, 3.63) is 71.3 Å². The van der Waals surface area contributed by atoms with Crippen LogP contribution in [0, 0.1) is 0 Å². The van der Waals surface area contributed by atoms with Crippen molar-refractivity contribution in [2.45, 2.75) is 12.8 Å². The molecule has 0 N–H and O–H groups in total. The zero-order valence-corrected chi connectivity index (χ0v) is 14.0. The average Bonchev–Trinajstić information content (AvgIpc) is 2.92. The summed E-state index contributed by atoms with van der Waals surface area (Å²) in [6, 6.07) is 15.1. The summed E-state index contributed by atoms with van der Waals surface area (Å²) in [5.74, 6) is -1.49. The van der Waals surface area contributed by atoms with Crippen LogP contribution in [0.4, 0.5) is 0 Å². The van der Waals surface area contributed by atoms with E-state index >= 15 is 0 Å². The van der Waals surface area contributed by atoms with Crippen LogP contribution in [0.25, 0.3) is 0 Å². The summed E-state index contributed by atoms with van der Waals surface area (Å²) in [5, 5.41) is 0. The van der Waals surface area contributed by atoms with Gasteiger partial charge in [-0.05, 0) is 30.7 Å². The van der Waals surface area contributed by atoms with Gasteiger partial charge in [0.05, 0.1) is 16.7 Å². The summed E-state index contributed by atoms with van der Waals surface area (Å²) < 4.78 is 4.97. The topological polar surface area (TPSA) is 80.8 Å². The molecule has 0 spiro atoms. The SMILES string of the molecule is O=C(CCCN1C(=O)c2ccccc2C1=O)COC(=O)c1ccccc1. The van der Waals surface area contributed by atoms with Crippen LogP contribution < -0.4 is 0 Å². The van der Waals surface area contributed by atoms with Crippen molar-refractivity contribution < 1.29 is 23.9 Å². The highest BCUT2D eigenvalue weighted by molar-refractivity contribution is 6.21. The molecule has 0 radical (unpaired) electrons. The molecule has 6 heteroatoms. The second-order valence-corrected chi connectivity index (χ2v) is 5.89. The van der Waals surface area contributed by atoms with Crippen LogP contribution in [-0.2, 0) is 9.53 Å². The van der Waals surface area contributed by atoms with Crippen molar-refractivity contribution >= 4 is 23.6 Å². The number of rotatable bonds is 7. The quantitative estimate of drug-likeness (QED) is 0.565. The summed E-state index contributed by atoms with van der Waals surface area (Å²) in [5.41, 5.74) is 1.16. The third-order valence-corrected chi connectivity index (χ3v) is 4.09. The van der Waals surface area contributed by atoms with E-state index in [0.717, 1.165) is 4.90 Å². The summed E-state index contributed by atoms with van der Waals surface area (Å²) in [7, 11) is 0. The lowest BCUT2D eigenvalue weighted by atomic mass is 10.1. The van der Waals surface area contributed by atoms with Crippen LogP contribution in [0.1, 0.15) is 43.9 Å². The molecule has 0 aromatic heterocycles. The van der Waals surface area contributed by atoms with Gasteiger partial charge < -0.3 is 4.74 Å². The highest BCUT2D eigenvalue weighted by atomic mass is 16.5. The van der Waals surface area contributed by atoms with Gasteiger partial charge in [-0.3, -0.25) is 19.3 Å². The number of hydrogen-bond acceptors (Lipinski definition) is 5. The van der Waals surface area contributed by atoms with E-state index in [1.165, 1.54) is 0 Å². The number of esters is 1. The van der Waals surface area contributed by atoms with Gasteiger partial charge in [-0.2, -0.15) is 0 Å². The molecular formula is C20H17NO5. The Morgan fingerprint density at radius 3 is 2.04 bits per heavy atom. The van der Waals surface area contributed by atoms with Crippen LogP contribution in [0.15, 0.2) is 54.6 Å². The number of amides is 2. The zero-order valence-electron chi connectivity index (χ0n) is 14.0. The predicted molar refractivity (Wildman–Crippen MR) is 92.8 cm³/mol. The van der Waals surface area contributed by atoms with Crippen LogP contribution in [0.5, 0.6) is 0 Å². The molecule has 2 aromatic carbocycles. The second-order valence-electron chi connectivity index (χ2n) is 5.89. The second kappa shape index (κ2) is 7.74. The molecule has 1 aliphatic heterocycles. The summed E-state index contributed by atoms with van der Waals surface area (Å²) in [6.45, 7) is -0.166. The van der Waals surface area contributed by atoms with Crippen molar-refractivity contribution in [2.75, 3.05) is 13.2 Å². The number of benzene rings is 2. The molecule has 3 rings (SSSR count). The van der Waals surface area contributed by atoms with Gasteiger partial charge in [-0.25, -0.2) is 4.79 Å². The van der Waals surface area contributed by atoms with Gasteiger partial charge in [0.25, 0.3) is 11.8 Å². The first-order valence-corrected chi connectivity index (χ1v) is 8.27. The smallest absolute Gasteiger partial charge is 0.338 e. The van der Waals surface area contributed by atoms with Crippen LogP contribution >= 0.6 is 0 Å². The number of hydrogen-bond donors (Lipinski definition) is 0. The molecule has 2 amide bonds. The van der Waals surface area contributed by atoms with E-state index in [1.807, 2.05) is 0 Å². The highest BCUT2D eigenvalue weighted by Gasteiger charge is 2.34. The first kappa shape index (κ1) is 17.5. The fourth-order valence-electron chi connectivity index (χ4n) is 2.75. The Hall–Kier alpha value is -3.28. The van der Waals surface area contributed by atoms with Gasteiger partial charge in [0.2, 0.25) is 0 Å². The van der Waals surface area contributed by atoms with E-state index in [0.29, 0.717) is 23.1 Å². The Bertz CT molecular complexity index is 825. The first-order chi connectivity index (χ1) is 12.6. The third kappa shape index (κ3) is 3.69. The number of nitrogens with zero attached hydrogens (tertiary/aromatic N) is 1. The minimum absolute atomic E-state index is 0.121. The molecule has 132 valence electrons. The van der Waals surface area contributed by atoms with Gasteiger partial charge in [-0.15, -0.1) is 0 Å². The van der Waals surface area contributed by atoms with E-state index in [9.17, 15) is 19.2 Å². The Balaban J connectivity index is 1.44. The van der Waals surface area contributed by atoms with Gasteiger partial charge in [0.1, 0.15) is 6.61 Å². The van der Waals surface area contributed by atoms with E-state index in [-0.39, 0.29) is 37.2 Å². The zero-order chi connectivity index (χ0) is 18.5. The standard InChI is InChI=1S/C20H17NO5/c22-15(13-26-20(25)14-7-2-1-3-8-14)9-6-12-21-18(23)16-10-4-5-11-17(16)19(21)24/h1-5,7-8,10-11H,6,9,12-13H2. The van der Waals surface area contributed by atoms with Crippen molar-refractivity contribution in [3.8, 4) is 0 Å². The molecule has 0 atom stereocenters. The highest BCUT2D eigenvalue weighted by Crippen LogP contribution is 2.22. The number of imide groups is 1. The first-order valence-electron chi connectivity index (χ1n) is 8.27. The molecule has 1 aliphatic rings. The van der Waals surface area contributed by atoms with E-state index in [1.54, 1.807) is 54.6 Å². The van der Waals surface area contributed by atoms with Gasteiger partial charge in [0, 0.05) is 13.0 Å². The minimum atomic E-state index is -0.556. The molecule has 0 aliphatic carbocycles. The van der Waals surface area contributed by atoms with E-state index < -0.39 is 5.97 Å². The number of carbonyl (C=O) groups excluding carboxylic acids is 4. The van der Waals surface area contributed by atoms with Gasteiger partial charge in [-0.1, -0.05) is 30.3 Å². The average molecular weight is 351 g/mol. The van der Waals surface area contributed by atoms with Crippen molar-refractivity contribution in [3.63, 3.8) is 0 Å². The maximum absolute atomic E-state index is 12.2. The number of Topliss-reactive ketones (excluding diaryl/α,β-unsaturated/α-hetero) is 1. The third-order valence-electron chi connectivity index (χ3n) is 4.09. The molecule has 26 heavy (non-hydrogen) atoms. The maximum atomic E-state index is 12.2. The number of ether oxygens (including phenoxy) is 1. The predicted octanol–water partition coefficient (Wildman–Crippen LogP) is 2.49.